The first-order valence-corrected chi connectivity index (χ1v) is 7.47. The number of nitrogens with one attached hydrogen (secondary N) is 1. The molecule has 1 N–H and O–H groups in total. The molecule has 1 aromatic rings. The molecule has 0 aliphatic heterocycles. The van der Waals surface area contributed by atoms with E-state index in [2.05, 4.69) is 35.9 Å². The van der Waals surface area contributed by atoms with E-state index in [4.69, 9.17) is 11.6 Å². The van der Waals surface area contributed by atoms with E-state index in [9.17, 15) is 0 Å². The SMILES string of the molecule is CCNC(CC1CCC1)c1c(Cl)cnn1C(C)C. The average molecular weight is 270 g/mol. The number of nitrogens with zero attached hydrogens (tertiary/aromatic N) is 2. The largest absolute Gasteiger partial charge is 0.309 e. The van der Waals surface area contributed by atoms with E-state index in [1.165, 1.54) is 31.4 Å². The van der Waals surface area contributed by atoms with Gasteiger partial charge in [-0.2, -0.15) is 5.10 Å². The van der Waals surface area contributed by atoms with Gasteiger partial charge in [-0.05, 0) is 32.7 Å². The Morgan fingerprint density at radius 1 is 1.50 bits per heavy atom. The first kappa shape index (κ1) is 13.9. The van der Waals surface area contributed by atoms with Crippen LogP contribution in [0.25, 0.3) is 0 Å². The van der Waals surface area contributed by atoms with Crippen LogP contribution in [0.4, 0.5) is 0 Å². The lowest BCUT2D eigenvalue weighted by Gasteiger charge is -2.31. The Bertz CT molecular complexity index is 382. The summed E-state index contributed by atoms with van der Waals surface area (Å²) in [7, 11) is 0. The second kappa shape index (κ2) is 6.07. The molecule has 4 heteroatoms. The van der Waals surface area contributed by atoms with Crippen molar-refractivity contribution in [2.24, 2.45) is 5.92 Å². The van der Waals surface area contributed by atoms with Crippen molar-refractivity contribution in [1.82, 2.24) is 15.1 Å². The van der Waals surface area contributed by atoms with Gasteiger partial charge in [0.15, 0.2) is 0 Å². The van der Waals surface area contributed by atoms with Crippen LogP contribution in [0.5, 0.6) is 0 Å². The molecule has 0 saturated heterocycles. The van der Waals surface area contributed by atoms with E-state index in [0.717, 1.165) is 17.5 Å². The van der Waals surface area contributed by atoms with Gasteiger partial charge in [-0.3, -0.25) is 4.68 Å². The zero-order valence-electron chi connectivity index (χ0n) is 11.6. The second-order valence-corrected chi connectivity index (χ2v) is 5.97. The summed E-state index contributed by atoms with van der Waals surface area (Å²) in [6.07, 6.45) is 7.10. The number of rotatable bonds is 6. The first-order chi connectivity index (χ1) is 8.63. The minimum Gasteiger partial charge on any atom is -0.309 e. The van der Waals surface area contributed by atoms with Crippen molar-refractivity contribution in [3.8, 4) is 0 Å². The maximum absolute atomic E-state index is 6.34. The molecule has 18 heavy (non-hydrogen) atoms. The van der Waals surface area contributed by atoms with Crippen LogP contribution in [0, 0.1) is 5.92 Å². The summed E-state index contributed by atoms with van der Waals surface area (Å²) in [6.45, 7) is 7.42. The molecule has 0 radical (unpaired) electrons. The molecular formula is C14H24ClN3. The van der Waals surface area contributed by atoms with Crippen LogP contribution in [0.15, 0.2) is 6.20 Å². The van der Waals surface area contributed by atoms with Crippen molar-refractivity contribution in [3.05, 3.63) is 16.9 Å². The predicted molar refractivity (Wildman–Crippen MR) is 76.0 cm³/mol. The van der Waals surface area contributed by atoms with Gasteiger partial charge in [0.05, 0.1) is 23.0 Å². The normalized spacial score (nSPS) is 18.1. The van der Waals surface area contributed by atoms with Gasteiger partial charge in [-0.25, -0.2) is 0 Å². The highest BCUT2D eigenvalue weighted by molar-refractivity contribution is 6.31. The highest BCUT2D eigenvalue weighted by atomic mass is 35.5. The molecule has 1 fully saturated rings. The quantitative estimate of drug-likeness (QED) is 0.847. The smallest absolute Gasteiger partial charge is 0.0834 e. The van der Waals surface area contributed by atoms with Crippen LogP contribution >= 0.6 is 11.6 Å². The van der Waals surface area contributed by atoms with Crippen LogP contribution < -0.4 is 5.32 Å². The molecule has 0 bridgehead atoms. The molecule has 1 aromatic heterocycles. The molecule has 1 atom stereocenters. The third-order valence-corrected chi connectivity index (χ3v) is 4.14. The summed E-state index contributed by atoms with van der Waals surface area (Å²) in [5.74, 6) is 0.862. The highest BCUT2D eigenvalue weighted by Gasteiger charge is 2.27. The second-order valence-electron chi connectivity index (χ2n) is 5.56. The van der Waals surface area contributed by atoms with E-state index in [-0.39, 0.29) is 0 Å². The van der Waals surface area contributed by atoms with Gasteiger partial charge < -0.3 is 5.32 Å². The molecule has 0 spiro atoms. The van der Waals surface area contributed by atoms with Gasteiger partial charge in [-0.15, -0.1) is 0 Å². The Hall–Kier alpha value is -0.540. The predicted octanol–water partition coefficient (Wildman–Crippen LogP) is 3.96. The van der Waals surface area contributed by atoms with E-state index in [0.29, 0.717) is 12.1 Å². The number of aromatic nitrogens is 2. The molecule has 0 aromatic carbocycles. The Balaban J connectivity index is 2.19. The lowest BCUT2D eigenvalue weighted by Crippen LogP contribution is -2.28. The van der Waals surface area contributed by atoms with Crippen molar-refractivity contribution in [2.45, 2.75) is 58.5 Å². The Morgan fingerprint density at radius 3 is 2.72 bits per heavy atom. The van der Waals surface area contributed by atoms with Crippen LogP contribution in [-0.2, 0) is 0 Å². The molecule has 1 heterocycles. The highest BCUT2D eigenvalue weighted by Crippen LogP contribution is 2.37. The summed E-state index contributed by atoms with van der Waals surface area (Å²) in [4.78, 5) is 0. The summed E-state index contributed by atoms with van der Waals surface area (Å²) in [5.41, 5.74) is 1.17. The minimum absolute atomic E-state index is 0.345. The molecule has 102 valence electrons. The standard InChI is InChI=1S/C14H24ClN3/c1-4-16-13(8-11-6-5-7-11)14-12(15)9-17-18(14)10(2)3/h9-11,13,16H,4-8H2,1-3H3. The van der Waals surface area contributed by atoms with Crippen LogP contribution in [0.3, 0.4) is 0 Å². The maximum Gasteiger partial charge on any atom is 0.0834 e. The topological polar surface area (TPSA) is 29.9 Å². The van der Waals surface area contributed by atoms with Gasteiger partial charge in [0.1, 0.15) is 0 Å². The van der Waals surface area contributed by atoms with Gasteiger partial charge in [0.2, 0.25) is 0 Å². The molecule has 1 unspecified atom stereocenters. The number of halogens is 1. The van der Waals surface area contributed by atoms with Crippen LogP contribution in [-0.4, -0.2) is 16.3 Å². The van der Waals surface area contributed by atoms with E-state index in [1.54, 1.807) is 6.20 Å². The minimum atomic E-state index is 0.345. The fourth-order valence-electron chi connectivity index (χ4n) is 2.69. The third kappa shape index (κ3) is 2.89. The number of hydrogen-bond acceptors (Lipinski definition) is 2. The van der Waals surface area contributed by atoms with E-state index in [1.807, 2.05) is 0 Å². The average Bonchev–Trinajstić information content (AvgIpc) is 2.64. The van der Waals surface area contributed by atoms with Gasteiger partial charge in [0, 0.05) is 6.04 Å². The van der Waals surface area contributed by atoms with Crippen molar-refractivity contribution < 1.29 is 0 Å². The van der Waals surface area contributed by atoms with Crippen molar-refractivity contribution in [2.75, 3.05) is 6.54 Å². The van der Waals surface area contributed by atoms with Crippen molar-refractivity contribution in [3.63, 3.8) is 0 Å². The van der Waals surface area contributed by atoms with Crippen LogP contribution in [0.1, 0.15) is 64.2 Å². The monoisotopic (exact) mass is 269 g/mol. The summed E-state index contributed by atoms with van der Waals surface area (Å²) >= 11 is 6.34. The zero-order chi connectivity index (χ0) is 13.1. The Morgan fingerprint density at radius 2 is 2.22 bits per heavy atom. The third-order valence-electron chi connectivity index (χ3n) is 3.85. The first-order valence-electron chi connectivity index (χ1n) is 7.09. The maximum atomic E-state index is 6.34. The summed E-state index contributed by atoms with van der Waals surface area (Å²) in [6, 6.07) is 0.702. The molecule has 1 aliphatic carbocycles. The fraction of sp³-hybridized carbons (Fsp3) is 0.786. The molecule has 2 rings (SSSR count). The molecule has 1 aliphatic rings. The van der Waals surface area contributed by atoms with Crippen molar-refractivity contribution in [1.29, 1.82) is 0 Å². The lowest BCUT2D eigenvalue weighted by molar-refractivity contribution is 0.255. The van der Waals surface area contributed by atoms with Gasteiger partial charge in [-0.1, -0.05) is 37.8 Å². The lowest BCUT2D eigenvalue weighted by atomic mass is 9.80. The Kier molecular flexibility index (Phi) is 4.68. The van der Waals surface area contributed by atoms with E-state index < -0.39 is 0 Å². The summed E-state index contributed by atoms with van der Waals surface area (Å²) in [5, 5.41) is 8.79. The van der Waals surface area contributed by atoms with Gasteiger partial charge in [0.25, 0.3) is 0 Å². The van der Waals surface area contributed by atoms with Crippen LogP contribution in [0.2, 0.25) is 5.02 Å². The summed E-state index contributed by atoms with van der Waals surface area (Å²) < 4.78 is 2.06. The number of hydrogen-bond donors (Lipinski definition) is 1. The molecule has 3 nitrogen and oxygen atoms in total. The zero-order valence-corrected chi connectivity index (χ0v) is 12.4. The van der Waals surface area contributed by atoms with E-state index >= 15 is 0 Å². The molecule has 1 saturated carbocycles. The molecule has 0 amide bonds. The van der Waals surface area contributed by atoms with Gasteiger partial charge >= 0.3 is 0 Å². The molecular weight excluding hydrogens is 246 g/mol. The Labute approximate surface area is 115 Å². The van der Waals surface area contributed by atoms with Crippen molar-refractivity contribution >= 4 is 11.6 Å². The fourth-order valence-corrected chi connectivity index (χ4v) is 2.95.